The van der Waals surface area contributed by atoms with Gasteiger partial charge in [0, 0.05) is 73.5 Å². The van der Waals surface area contributed by atoms with Crippen molar-refractivity contribution in [1.29, 1.82) is 0 Å². The van der Waals surface area contributed by atoms with Crippen LogP contribution in [0.2, 0.25) is 0 Å². The minimum absolute atomic E-state index is 0. The second kappa shape index (κ2) is 38.1. The van der Waals surface area contributed by atoms with E-state index >= 15 is 0 Å². The molecule has 107 heavy (non-hydrogen) atoms. The first-order valence-electron chi connectivity index (χ1n) is 34.1. The monoisotopic (exact) mass is 1520 g/mol. The molecule has 0 saturated carbocycles. The van der Waals surface area contributed by atoms with Crippen LogP contribution in [0.5, 0.6) is 17.2 Å². The van der Waals surface area contributed by atoms with Crippen LogP contribution in [0.4, 0.5) is 13.2 Å². The van der Waals surface area contributed by atoms with Gasteiger partial charge < -0.3 is 74.0 Å². The van der Waals surface area contributed by atoms with Crippen molar-refractivity contribution in [2.45, 2.75) is 118 Å². The van der Waals surface area contributed by atoms with Crippen LogP contribution in [0.15, 0.2) is 212 Å². The van der Waals surface area contributed by atoms with Gasteiger partial charge >= 0.3 is 43.9 Å². The Hall–Kier alpha value is -9.90. The first-order chi connectivity index (χ1) is 50.4. The first-order valence-corrected chi connectivity index (χ1v) is 34.9. The molecule has 0 unspecified atom stereocenters. The number of benzene rings is 9. The van der Waals surface area contributed by atoms with E-state index in [1.165, 1.54) is 30.3 Å². The summed E-state index contributed by atoms with van der Waals surface area (Å²) in [4.78, 5) is 34.9. The summed E-state index contributed by atoms with van der Waals surface area (Å²) < 4.78 is 99.7. The number of hydrogen-bond donors (Lipinski definition) is 4. The minimum atomic E-state index is -0.921. The number of nitrogens with two attached hydrogens (primary N) is 3. The third-order valence-electron chi connectivity index (χ3n) is 17.7. The number of carbonyl (C=O) groups is 3. The molecule has 1 aliphatic rings. The molecule has 13 rings (SSSR count). The molecule has 552 valence electrons. The summed E-state index contributed by atoms with van der Waals surface area (Å²) in [5.74, 6) is -0.622. The van der Waals surface area contributed by atoms with E-state index in [1.54, 1.807) is 63.8 Å². The SMILES string of the molecule is CCOC(=O)Cc1ccccc1OCc1cc(-c2cc(F)cc(CN)c2)c2occc2c1.CCOC(=O)Cc1ccccc1OCc1cc(B2OC(C)(C)C(C)(C)O2)c2occc2c1.Cc1c(F)cc(Br)cc1CN.NCc1cc(F)cc(-c2cc(COc3ccccc3CC(=O)O)cc3ccoc23)c1.[Li+].[OH-]. The van der Waals surface area contributed by atoms with Gasteiger partial charge in [0.15, 0.2) is 0 Å². The van der Waals surface area contributed by atoms with E-state index in [-0.39, 0.29) is 99.3 Å². The topological polar surface area (TPSA) is 284 Å². The summed E-state index contributed by atoms with van der Waals surface area (Å²) in [6, 6.07) is 52.0. The molecule has 0 atom stereocenters. The molecule has 0 bridgehead atoms. The zero-order chi connectivity index (χ0) is 75.0. The quantitative estimate of drug-likeness (QED) is 0.0342. The number of para-hydroxylation sites is 3. The van der Waals surface area contributed by atoms with Crippen molar-refractivity contribution < 1.29 is 103 Å². The number of rotatable bonds is 23. The molecule has 0 amide bonds. The largest absolute Gasteiger partial charge is 1.00 e. The predicted octanol–water partition coefficient (Wildman–Crippen LogP) is 13.9. The van der Waals surface area contributed by atoms with Gasteiger partial charge in [0.1, 0.15) is 71.3 Å². The molecular weight excluding hydrogens is 1430 g/mol. The Bertz CT molecular complexity index is 5030. The van der Waals surface area contributed by atoms with Crippen LogP contribution < -0.4 is 55.7 Å². The zero-order valence-corrected chi connectivity index (χ0v) is 62.4. The van der Waals surface area contributed by atoms with Crippen LogP contribution in [0.1, 0.15) is 97.2 Å². The number of fused-ring (bicyclic) bond motifs is 3. The van der Waals surface area contributed by atoms with Crippen molar-refractivity contribution in [2.75, 3.05) is 13.2 Å². The maximum atomic E-state index is 14.2. The van der Waals surface area contributed by atoms with E-state index in [1.807, 2.05) is 149 Å². The van der Waals surface area contributed by atoms with Crippen molar-refractivity contribution in [3.63, 3.8) is 0 Å². The molecule has 12 aromatic rings. The van der Waals surface area contributed by atoms with Gasteiger partial charge in [-0.25, -0.2) is 13.2 Å². The average molecular weight is 1520 g/mol. The maximum absolute atomic E-state index is 14.2. The Morgan fingerprint density at radius 2 is 0.879 bits per heavy atom. The smallest absolute Gasteiger partial charge is 0.870 e. The molecule has 8 N–H and O–H groups in total. The minimum Gasteiger partial charge on any atom is -0.870 e. The Morgan fingerprint density at radius 1 is 0.486 bits per heavy atom. The number of hydrogen-bond acceptors (Lipinski definition) is 17. The fourth-order valence-corrected chi connectivity index (χ4v) is 12.3. The summed E-state index contributed by atoms with van der Waals surface area (Å²) in [6.07, 6.45) is 5.05. The molecule has 0 spiro atoms. The number of esters is 2. The van der Waals surface area contributed by atoms with Crippen LogP contribution in [0.3, 0.4) is 0 Å². The van der Waals surface area contributed by atoms with E-state index in [2.05, 4.69) is 15.9 Å². The Balaban J connectivity index is 0.000000187. The van der Waals surface area contributed by atoms with Crippen molar-refractivity contribution >= 4 is 79.3 Å². The number of carbonyl (C=O) groups excluding carboxylic acids is 2. The van der Waals surface area contributed by atoms with Gasteiger partial charge in [-0.1, -0.05) is 76.6 Å². The third kappa shape index (κ3) is 21.5. The second-order valence-corrected chi connectivity index (χ2v) is 26.7. The Morgan fingerprint density at radius 3 is 1.28 bits per heavy atom. The summed E-state index contributed by atoms with van der Waals surface area (Å²) in [7, 11) is -0.537. The average Bonchev–Trinajstić information content (AvgIpc) is 1.61. The van der Waals surface area contributed by atoms with Gasteiger partial charge in [-0.05, 0) is 214 Å². The number of halogens is 4. The summed E-state index contributed by atoms with van der Waals surface area (Å²) in [6.45, 7) is 15.8. The number of aliphatic carboxylic acids is 1. The van der Waals surface area contributed by atoms with Crippen LogP contribution in [0.25, 0.3) is 55.2 Å². The molecule has 3 aromatic heterocycles. The molecule has 18 nitrogen and oxygen atoms in total. The van der Waals surface area contributed by atoms with Gasteiger partial charge in [0.05, 0.1) is 62.5 Å². The van der Waals surface area contributed by atoms with Crippen molar-refractivity contribution in [2.24, 2.45) is 17.2 Å². The standard InChI is InChI=1S/C26H24FNO4.C25H29BO6.C24H20FNO4.C8H9BrFN.Li.H2O/c1-2-30-25(29)14-19-5-3-4-6-24(19)32-16-18-10-20-7-8-31-26(20)23(12-18)21-9-17(15-28)11-22(27)13-21;1-6-28-22(27)15-18-9-7-8-10-21(18)30-16-17-13-19-11-12-29-23(19)20(14-17)26-31-24(2,3)25(4,5)32-26;25-20-9-15(13-26)7-19(11-20)21-10-16(8-18-5-6-29-24(18)21)14-30-22-4-2-1-3-17(22)12-23(27)28;1-5-6(4-11)2-7(9)3-8(5)10;;/h3-13H,2,14-16,28H2,1H3;7-14H,6,15-16H2,1-5H3;1-11H,12-14,26H2,(H,27,28);2-3H,4,11H2,1H3;;1H2/q;;;;+1;/p-1. The zero-order valence-electron chi connectivity index (χ0n) is 60.8. The molecule has 0 aliphatic carbocycles. The van der Waals surface area contributed by atoms with Crippen LogP contribution >= 0.6 is 15.9 Å². The van der Waals surface area contributed by atoms with Gasteiger partial charge in [0.2, 0.25) is 0 Å². The van der Waals surface area contributed by atoms with E-state index < -0.39 is 24.3 Å². The summed E-state index contributed by atoms with van der Waals surface area (Å²) in [5.41, 5.74) is 29.4. The van der Waals surface area contributed by atoms with Crippen molar-refractivity contribution in [1.82, 2.24) is 0 Å². The van der Waals surface area contributed by atoms with E-state index in [0.29, 0.717) is 88.2 Å². The Kier molecular flexibility index (Phi) is 29.4. The molecule has 1 saturated heterocycles. The number of ether oxygens (including phenoxy) is 5. The molecule has 4 heterocycles. The Labute approximate surface area is 639 Å². The fourth-order valence-electron chi connectivity index (χ4n) is 11.8. The van der Waals surface area contributed by atoms with E-state index in [9.17, 15) is 27.6 Å². The molecule has 1 fully saturated rings. The van der Waals surface area contributed by atoms with Gasteiger partial charge in [-0.3, -0.25) is 14.4 Å². The summed E-state index contributed by atoms with van der Waals surface area (Å²) in [5, 5.41) is 11.8. The van der Waals surface area contributed by atoms with Gasteiger partial charge in [-0.2, -0.15) is 0 Å². The number of furan rings is 3. The van der Waals surface area contributed by atoms with Gasteiger partial charge in [-0.15, -0.1) is 0 Å². The molecule has 1 aliphatic heterocycles. The van der Waals surface area contributed by atoms with Crippen LogP contribution in [-0.4, -0.2) is 60.0 Å². The first kappa shape index (κ1) is 82.8. The van der Waals surface area contributed by atoms with Crippen LogP contribution in [0, 0.1) is 24.4 Å². The van der Waals surface area contributed by atoms with E-state index in [0.717, 1.165) is 76.2 Å². The fraction of sp³-hybridized carbons (Fsp3) is 0.241. The predicted molar refractivity (Wildman–Crippen MR) is 404 cm³/mol. The van der Waals surface area contributed by atoms with Crippen LogP contribution in [-0.2, 0) is 91.9 Å². The molecule has 9 aromatic carbocycles. The number of carboxylic acid groups (broad SMARTS) is 1. The number of carboxylic acids is 1. The molecule has 24 heteroatoms. The molecule has 0 radical (unpaired) electrons. The normalized spacial score (nSPS) is 12.5. The molecular formula is C83H83BBrF3LiN3O15. The summed E-state index contributed by atoms with van der Waals surface area (Å²) >= 11 is 3.19. The van der Waals surface area contributed by atoms with Gasteiger partial charge in [0.25, 0.3) is 0 Å². The maximum Gasteiger partial charge on any atom is 1.00 e. The van der Waals surface area contributed by atoms with Crippen molar-refractivity contribution in [3.05, 3.63) is 272 Å². The second-order valence-electron chi connectivity index (χ2n) is 25.8. The van der Waals surface area contributed by atoms with E-state index in [4.69, 9.17) is 68.6 Å². The van der Waals surface area contributed by atoms with Crippen molar-refractivity contribution in [3.8, 4) is 39.5 Å². The third-order valence-corrected chi connectivity index (χ3v) is 18.2.